The number of nitrogens with zero attached hydrogens (tertiary/aromatic N) is 2. The molecule has 1 aromatic rings. The first-order chi connectivity index (χ1) is 9.39. The van der Waals surface area contributed by atoms with E-state index in [2.05, 4.69) is 9.84 Å². The van der Waals surface area contributed by atoms with Crippen molar-refractivity contribution in [3.63, 3.8) is 0 Å². The van der Waals surface area contributed by atoms with Gasteiger partial charge in [0.05, 0.1) is 12.1 Å². The number of anilines is 1. The van der Waals surface area contributed by atoms with Crippen molar-refractivity contribution in [1.29, 1.82) is 0 Å². The third kappa shape index (κ3) is 3.49. The number of carbonyl (C=O) groups is 1. The van der Waals surface area contributed by atoms with Crippen LogP contribution < -0.4 is 9.75 Å². The highest BCUT2D eigenvalue weighted by atomic mass is 19.4. The molecule has 0 unspecified atom stereocenters. The lowest BCUT2D eigenvalue weighted by Gasteiger charge is -2.13. The minimum atomic E-state index is -4.72. The van der Waals surface area contributed by atoms with E-state index in [1.54, 1.807) is 0 Å². The Morgan fingerprint density at radius 1 is 1.30 bits per heavy atom. The molecule has 0 spiro atoms. The Morgan fingerprint density at radius 2 is 1.95 bits per heavy atom. The van der Waals surface area contributed by atoms with Crippen LogP contribution in [0.15, 0.2) is 29.4 Å². The van der Waals surface area contributed by atoms with Crippen molar-refractivity contribution in [3.8, 4) is 5.75 Å². The second-order valence-electron chi connectivity index (χ2n) is 4.34. The molecule has 7 heteroatoms. The van der Waals surface area contributed by atoms with E-state index < -0.39 is 6.36 Å². The monoisotopic (exact) mass is 286 g/mol. The van der Waals surface area contributed by atoms with Crippen molar-refractivity contribution in [2.24, 2.45) is 5.10 Å². The number of rotatable bonds is 4. The molecule has 0 radical (unpaired) electrons. The van der Waals surface area contributed by atoms with E-state index in [-0.39, 0.29) is 18.1 Å². The molecule has 0 saturated carbocycles. The van der Waals surface area contributed by atoms with Gasteiger partial charge in [0.2, 0.25) is 0 Å². The molecule has 1 amide bonds. The Hall–Kier alpha value is -2.05. The van der Waals surface area contributed by atoms with Gasteiger partial charge in [-0.1, -0.05) is 13.3 Å². The van der Waals surface area contributed by atoms with Crippen LogP contribution in [0, 0.1) is 0 Å². The molecule has 0 N–H and O–H groups in total. The molecule has 0 aromatic heterocycles. The van der Waals surface area contributed by atoms with Crippen LogP contribution in [0.25, 0.3) is 0 Å². The second kappa shape index (κ2) is 5.52. The molecule has 1 heterocycles. The van der Waals surface area contributed by atoms with E-state index in [0.29, 0.717) is 5.69 Å². The zero-order valence-electron chi connectivity index (χ0n) is 10.8. The van der Waals surface area contributed by atoms with E-state index in [0.717, 1.165) is 30.7 Å². The van der Waals surface area contributed by atoms with Gasteiger partial charge in [-0.05, 0) is 30.7 Å². The Kier molecular flexibility index (Phi) is 3.96. The fourth-order valence-electron chi connectivity index (χ4n) is 1.90. The molecule has 1 aliphatic heterocycles. The summed E-state index contributed by atoms with van der Waals surface area (Å²) in [6, 6.07) is 5.06. The SMILES string of the molecule is CCCC1=NN(c2ccc(OC(F)(F)F)cc2)C(=O)C1. The number of hydrogen-bond acceptors (Lipinski definition) is 3. The minimum Gasteiger partial charge on any atom is -0.406 e. The van der Waals surface area contributed by atoms with Crippen LogP contribution >= 0.6 is 0 Å². The van der Waals surface area contributed by atoms with Crippen LogP contribution in [0.3, 0.4) is 0 Å². The Morgan fingerprint density at radius 3 is 2.50 bits per heavy atom. The normalized spacial score (nSPS) is 15.5. The van der Waals surface area contributed by atoms with Crippen LogP contribution in [0.5, 0.6) is 5.75 Å². The maximum atomic E-state index is 12.0. The third-order valence-electron chi connectivity index (χ3n) is 2.69. The van der Waals surface area contributed by atoms with E-state index >= 15 is 0 Å². The van der Waals surface area contributed by atoms with Crippen molar-refractivity contribution in [3.05, 3.63) is 24.3 Å². The summed E-state index contributed by atoms with van der Waals surface area (Å²) in [5.74, 6) is -0.511. The highest BCUT2D eigenvalue weighted by Crippen LogP contribution is 2.27. The largest absolute Gasteiger partial charge is 0.573 e. The molecule has 0 bridgehead atoms. The molecule has 1 aliphatic rings. The van der Waals surface area contributed by atoms with Crippen molar-refractivity contribution in [2.75, 3.05) is 5.01 Å². The van der Waals surface area contributed by atoms with Gasteiger partial charge in [0, 0.05) is 5.71 Å². The summed E-state index contributed by atoms with van der Waals surface area (Å²) < 4.78 is 39.9. The van der Waals surface area contributed by atoms with Gasteiger partial charge in [-0.15, -0.1) is 13.2 Å². The molecule has 20 heavy (non-hydrogen) atoms. The molecule has 0 atom stereocenters. The Bertz CT molecular complexity index is 523. The maximum absolute atomic E-state index is 12.0. The van der Waals surface area contributed by atoms with Crippen LogP contribution in [0.1, 0.15) is 26.2 Å². The van der Waals surface area contributed by atoms with Gasteiger partial charge in [0.15, 0.2) is 0 Å². The number of hydrogen-bond donors (Lipinski definition) is 0. The van der Waals surface area contributed by atoms with Gasteiger partial charge in [-0.25, -0.2) is 5.01 Å². The fourth-order valence-corrected chi connectivity index (χ4v) is 1.90. The van der Waals surface area contributed by atoms with Crippen LogP contribution in [0.4, 0.5) is 18.9 Å². The molecular formula is C13H13F3N2O2. The predicted molar refractivity (Wildman–Crippen MR) is 67.6 cm³/mol. The average molecular weight is 286 g/mol. The highest BCUT2D eigenvalue weighted by Gasteiger charge is 2.31. The summed E-state index contributed by atoms with van der Waals surface area (Å²) in [5, 5.41) is 5.38. The fraction of sp³-hybridized carbons (Fsp3) is 0.385. The predicted octanol–water partition coefficient (Wildman–Crippen LogP) is 3.48. The molecule has 0 aliphatic carbocycles. The zero-order valence-corrected chi connectivity index (χ0v) is 10.8. The van der Waals surface area contributed by atoms with E-state index in [1.807, 2.05) is 6.92 Å². The van der Waals surface area contributed by atoms with Gasteiger partial charge in [-0.3, -0.25) is 4.79 Å². The number of alkyl halides is 3. The first-order valence-electron chi connectivity index (χ1n) is 6.14. The third-order valence-corrected chi connectivity index (χ3v) is 2.69. The molecule has 0 saturated heterocycles. The minimum absolute atomic E-state index is 0.182. The topological polar surface area (TPSA) is 41.9 Å². The van der Waals surface area contributed by atoms with Gasteiger partial charge >= 0.3 is 6.36 Å². The van der Waals surface area contributed by atoms with Gasteiger partial charge in [0.25, 0.3) is 5.91 Å². The summed E-state index contributed by atoms with van der Waals surface area (Å²) in [6.45, 7) is 1.99. The average Bonchev–Trinajstić information content (AvgIpc) is 2.70. The highest BCUT2D eigenvalue weighted by molar-refractivity contribution is 6.12. The van der Waals surface area contributed by atoms with Crippen LogP contribution in [-0.4, -0.2) is 18.0 Å². The smallest absolute Gasteiger partial charge is 0.406 e. The van der Waals surface area contributed by atoms with E-state index in [4.69, 9.17) is 0 Å². The lowest BCUT2D eigenvalue weighted by Crippen LogP contribution is -2.20. The molecule has 0 fully saturated rings. The summed E-state index contributed by atoms with van der Waals surface area (Å²) >= 11 is 0. The van der Waals surface area contributed by atoms with Gasteiger partial charge in [0.1, 0.15) is 5.75 Å². The standard InChI is InChI=1S/C13H13F3N2O2/c1-2-3-9-8-12(19)18(17-9)10-4-6-11(7-5-10)20-13(14,15)16/h4-7H,2-3,8H2,1H3. The number of benzene rings is 1. The summed E-state index contributed by atoms with van der Waals surface area (Å²) in [5.41, 5.74) is 1.21. The molecule has 1 aromatic carbocycles. The molecule has 2 rings (SSSR count). The van der Waals surface area contributed by atoms with E-state index in [9.17, 15) is 18.0 Å². The summed E-state index contributed by atoms with van der Waals surface area (Å²) in [4.78, 5) is 11.8. The first-order valence-corrected chi connectivity index (χ1v) is 6.14. The quantitative estimate of drug-likeness (QED) is 0.850. The maximum Gasteiger partial charge on any atom is 0.573 e. The Labute approximate surface area is 113 Å². The Balaban J connectivity index is 2.12. The van der Waals surface area contributed by atoms with Gasteiger partial charge in [-0.2, -0.15) is 5.10 Å². The van der Waals surface area contributed by atoms with Crippen LogP contribution in [-0.2, 0) is 4.79 Å². The van der Waals surface area contributed by atoms with Crippen molar-refractivity contribution in [1.82, 2.24) is 0 Å². The number of carbonyl (C=O) groups excluding carboxylic acids is 1. The molecule has 4 nitrogen and oxygen atoms in total. The number of amides is 1. The zero-order chi connectivity index (χ0) is 14.8. The van der Waals surface area contributed by atoms with Crippen molar-refractivity contribution >= 4 is 17.3 Å². The number of halogens is 3. The van der Waals surface area contributed by atoms with E-state index in [1.165, 1.54) is 17.1 Å². The van der Waals surface area contributed by atoms with Crippen molar-refractivity contribution < 1.29 is 22.7 Å². The molecule has 108 valence electrons. The number of hydrazone groups is 1. The lowest BCUT2D eigenvalue weighted by molar-refractivity contribution is -0.274. The van der Waals surface area contributed by atoms with Crippen LogP contribution in [0.2, 0.25) is 0 Å². The van der Waals surface area contributed by atoms with Crippen molar-refractivity contribution in [2.45, 2.75) is 32.5 Å². The summed E-state index contributed by atoms with van der Waals surface area (Å²) in [7, 11) is 0. The molecular weight excluding hydrogens is 273 g/mol. The first kappa shape index (κ1) is 14.4. The van der Waals surface area contributed by atoms with Gasteiger partial charge < -0.3 is 4.74 Å². The summed E-state index contributed by atoms with van der Waals surface area (Å²) in [6.07, 6.45) is -2.85. The number of ether oxygens (including phenoxy) is 1. The lowest BCUT2D eigenvalue weighted by atomic mass is 10.2. The second-order valence-corrected chi connectivity index (χ2v) is 4.34.